The first-order valence-corrected chi connectivity index (χ1v) is 10.0. The van der Waals surface area contributed by atoms with Gasteiger partial charge in [-0.25, -0.2) is 4.79 Å². The Morgan fingerprint density at radius 2 is 1.96 bits per heavy atom. The molecule has 146 valence electrons. The number of carboxylic acid groups (broad SMARTS) is 1. The Kier molecular flexibility index (Phi) is 6.35. The predicted molar refractivity (Wildman–Crippen MR) is 116 cm³/mol. The molecule has 3 aromatic rings. The highest BCUT2D eigenvalue weighted by atomic mass is 16.4. The van der Waals surface area contributed by atoms with Crippen molar-refractivity contribution in [3.05, 3.63) is 83.1 Å². The quantitative estimate of drug-likeness (QED) is 0.469. The number of aromatic nitrogens is 1. The number of hydrogen-bond acceptors (Lipinski definition) is 1. The van der Waals surface area contributed by atoms with Gasteiger partial charge in [0.15, 0.2) is 0 Å². The lowest BCUT2D eigenvalue weighted by Gasteiger charge is -2.22. The van der Waals surface area contributed by atoms with Crippen molar-refractivity contribution in [3.8, 4) is 0 Å². The van der Waals surface area contributed by atoms with E-state index in [1.54, 1.807) is 0 Å². The maximum Gasteiger partial charge on any atom is 0.328 e. The zero-order valence-corrected chi connectivity index (χ0v) is 17.0. The molecule has 1 heterocycles. The predicted octanol–water partition coefficient (Wildman–Crippen LogP) is 6.30. The fraction of sp³-hybridized carbons (Fsp3) is 0.320. The molecule has 1 unspecified atom stereocenters. The molecule has 1 N–H and O–H groups in total. The van der Waals surface area contributed by atoms with Gasteiger partial charge in [-0.2, -0.15) is 0 Å². The Morgan fingerprint density at radius 1 is 1.18 bits per heavy atom. The van der Waals surface area contributed by atoms with Gasteiger partial charge in [-0.15, -0.1) is 0 Å². The summed E-state index contributed by atoms with van der Waals surface area (Å²) in [5.41, 5.74) is 5.94. The zero-order chi connectivity index (χ0) is 20.1. The largest absolute Gasteiger partial charge is 0.478 e. The Morgan fingerprint density at radius 3 is 2.68 bits per heavy atom. The van der Waals surface area contributed by atoms with Crippen molar-refractivity contribution in [1.82, 2.24) is 4.57 Å². The molecule has 3 nitrogen and oxygen atoms in total. The fourth-order valence-corrected chi connectivity index (χ4v) is 3.98. The summed E-state index contributed by atoms with van der Waals surface area (Å²) in [6, 6.07) is 17.6. The van der Waals surface area contributed by atoms with Gasteiger partial charge in [0.1, 0.15) is 0 Å². The minimum absolute atomic E-state index is 0.332. The van der Waals surface area contributed by atoms with Crippen LogP contribution in [0.5, 0.6) is 0 Å². The molecule has 1 atom stereocenters. The van der Waals surface area contributed by atoms with Crippen LogP contribution in [0.2, 0.25) is 0 Å². The van der Waals surface area contributed by atoms with Crippen LogP contribution < -0.4 is 0 Å². The van der Waals surface area contributed by atoms with Crippen LogP contribution >= 0.6 is 0 Å². The number of aliphatic carboxylic acids is 1. The van der Waals surface area contributed by atoms with E-state index < -0.39 is 5.97 Å². The molecule has 1 aromatic heterocycles. The van der Waals surface area contributed by atoms with Gasteiger partial charge in [-0.3, -0.25) is 0 Å². The first-order chi connectivity index (χ1) is 13.5. The van der Waals surface area contributed by atoms with Crippen molar-refractivity contribution in [2.75, 3.05) is 0 Å². The van der Waals surface area contributed by atoms with E-state index in [9.17, 15) is 4.79 Å². The summed E-state index contributed by atoms with van der Waals surface area (Å²) in [7, 11) is 0. The average molecular weight is 376 g/mol. The van der Waals surface area contributed by atoms with E-state index in [0.29, 0.717) is 12.5 Å². The van der Waals surface area contributed by atoms with Crippen molar-refractivity contribution in [3.63, 3.8) is 0 Å². The number of hydrogen-bond donors (Lipinski definition) is 1. The second kappa shape index (κ2) is 8.92. The Bertz CT molecular complexity index is 997. The third-order valence-corrected chi connectivity index (χ3v) is 5.35. The average Bonchev–Trinajstić information content (AvgIpc) is 3.06. The van der Waals surface area contributed by atoms with Crippen LogP contribution in [0.4, 0.5) is 0 Å². The van der Waals surface area contributed by atoms with E-state index in [-0.39, 0.29) is 0 Å². The molecule has 3 rings (SSSR count). The number of benzene rings is 2. The van der Waals surface area contributed by atoms with Gasteiger partial charge in [0, 0.05) is 17.8 Å². The smallest absolute Gasteiger partial charge is 0.328 e. The van der Waals surface area contributed by atoms with Gasteiger partial charge in [0.05, 0.1) is 6.04 Å². The minimum Gasteiger partial charge on any atom is -0.478 e. The van der Waals surface area contributed by atoms with Gasteiger partial charge in [-0.05, 0) is 67.0 Å². The molecule has 2 aromatic carbocycles. The molecule has 0 aliphatic carbocycles. The van der Waals surface area contributed by atoms with Crippen molar-refractivity contribution in [2.24, 2.45) is 0 Å². The first kappa shape index (κ1) is 19.9. The standard InChI is InChI=1S/C25H29NO2/c1-4-5-10-24(22-9-7-6-8-19(22)3)26-14-13-21-17-20(11-12-23(21)26)15-18(2)16-25(27)28/h6-9,11-14,16-17,24H,4-5,10,15H2,1-3H3,(H,27,28). The number of nitrogens with zero attached hydrogens (tertiary/aromatic N) is 1. The lowest BCUT2D eigenvalue weighted by molar-refractivity contribution is -0.131. The van der Waals surface area contributed by atoms with Crippen LogP contribution in [0.1, 0.15) is 55.8 Å². The number of unbranched alkanes of at least 4 members (excludes halogenated alkanes) is 1. The highest BCUT2D eigenvalue weighted by Crippen LogP contribution is 2.31. The Labute approximate surface area is 167 Å². The summed E-state index contributed by atoms with van der Waals surface area (Å²) >= 11 is 0. The molecule has 0 fully saturated rings. The number of fused-ring (bicyclic) bond motifs is 1. The van der Waals surface area contributed by atoms with Crippen molar-refractivity contribution < 1.29 is 9.90 Å². The van der Waals surface area contributed by atoms with Crippen LogP contribution in [-0.2, 0) is 11.2 Å². The highest BCUT2D eigenvalue weighted by Gasteiger charge is 2.17. The summed E-state index contributed by atoms with van der Waals surface area (Å²) in [5, 5.41) is 10.1. The zero-order valence-electron chi connectivity index (χ0n) is 17.0. The topological polar surface area (TPSA) is 42.2 Å². The number of aryl methyl sites for hydroxylation is 1. The van der Waals surface area contributed by atoms with E-state index in [2.05, 4.69) is 73.1 Å². The first-order valence-electron chi connectivity index (χ1n) is 10.0. The molecule has 0 aliphatic heterocycles. The van der Waals surface area contributed by atoms with E-state index in [0.717, 1.165) is 17.6 Å². The third kappa shape index (κ3) is 4.53. The van der Waals surface area contributed by atoms with Gasteiger partial charge in [0.25, 0.3) is 0 Å². The Balaban J connectivity index is 1.97. The maximum atomic E-state index is 10.9. The minimum atomic E-state index is -0.887. The van der Waals surface area contributed by atoms with Crippen LogP contribution in [0.3, 0.4) is 0 Å². The van der Waals surface area contributed by atoms with Crippen molar-refractivity contribution in [1.29, 1.82) is 0 Å². The van der Waals surface area contributed by atoms with Crippen LogP contribution in [0.25, 0.3) is 10.9 Å². The fourth-order valence-electron chi connectivity index (χ4n) is 3.98. The summed E-state index contributed by atoms with van der Waals surface area (Å²) in [5.74, 6) is -0.887. The third-order valence-electron chi connectivity index (χ3n) is 5.35. The van der Waals surface area contributed by atoms with Crippen LogP contribution in [-0.4, -0.2) is 15.6 Å². The molecular weight excluding hydrogens is 346 g/mol. The molecule has 0 aliphatic rings. The molecule has 0 saturated carbocycles. The second-order valence-corrected chi connectivity index (χ2v) is 7.64. The number of carboxylic acids is 1. The van der Waals surface area contributed by atoms with Gasteiger partial charge in [-0.1, -0.05) is 55.7 Å². The lowest BCUT2D eigenvalue weighted by Crippen LogP contribution is -2.11. The molecule has 0 saturated heterocycles. The highest BCUT2D eigenvalue weighted by molar-refractivity contribution is 5.82. The van der Waals surface area contributed by atoms with Crippen LogP contribution in [0, 0.1) is 6.92 Å². The van der Waals surface area contributed by atoms with Crippen LogP contribution in [0.15, 0.2) is 66.4 Å². The van der Waals surface area contributed by atoms with Crippen molar-refractivity contribution >= 4 is 16.9 Å². The summed E-state index contributed by atoms with van der Waals surface area (Å²) < 4.78 is 2.40. The van der Waals surface area contributed by atoms with E-state index >= 15 is 0 Å². The van der Waals surface area contributed by atoms with Crippen molar-refractivity contribution in [2.45, 2.75) is 52.5 Å². The molecule has 0 spiro atoms. The monoisotopic (exact) mass is 375 g/mol. The number of carbonyl (C=O) groups is 1. The Hall–Kier alpha value is -2.81. The lowest BCUT2D eigenvalue weighted by atomic mass is 9.96. The second-order valence-electron chi connectivity index (χ2n) is 7.64. The van der Waals surface area contributed by atoms with Gasteiger partial charge < -0.3 is 9.67 Å². The molecule has 0 amide bonds. The molecule has 0 radical (unpaired) electrons. The normalized spacial score (nSPS) is 13.0. The van der Waals surface area contributed by atoms with E-state index in [1.165, 1.54) is 40.9 Å². The summed E-state index contributed by atoms with van der Waals surface area (Å²) in [6.07, 6.45) is 7.63. The summed E-state index contributed by atoms with van der Waals surface area (Å²) in [4.78, 5) is 10.9. The van der Waals surface area contributed by atoms with E-state index in [1.807, 2.05) is 6.92 Å². The number of allylic oxidation sites excluding steroid dienone is 1. The maximum absolute atomic E-state index is 10.9. The SMILES string of the molecule is CCCCC(c1ccccc1C)n1ccc2cc(CC(C)=CC(=O)O)ccc21. The number of rotatable bonds is 8. The van der Waals surface area contributed by atoms with E-state index in [4.69, 9.17) is 5.11 Å². The van der Waals surface area contributed by atoms with Gasteiger partial charge in [0.2, 0.25) is 0 Å². The molecule has 0 bridgehead atoms. The molecular formula is C25H29NO2. The molecule has 3 heteroatoms. The van der Waals surface area contributed by atoms with Gasteiger partial charge >= 0.3 is 5.97 Å². The molecule has 28 heavy (non-hydrogen) atoms. The summed E-state index contributed by atoms with van der Waals surface area (Å²) in [6.45, 7) is 6.29.